The fraction of sp³-hybridized carbons (Fsp3) is 0.286. The minimum atomic E-state index is -2.88. The van der Waals surface area contributed by atoms with Crippen LogP contribution in [0.4, 0.5) is 18.9 Å². The summed E-state index contributed by atoms with van der Waals surface area (Å²) in [5.41, 5.74) is 0.541. The fourth-order valence-electron chi connectivity index (χ4n) is 2.29. The zero-order chi connectivity index (χ0) is 15.7. The number of hydrogen-bond acceptors (Lipinski definition) is 3. The number of anilines is 1. The third-order valence-electron chi connectivity index (χ3n) is 3.38. The molecule has 0 radical (unpaired) electrons. The van der Waals surface area contributed by atoms with E-state index in [2.05, 4.69) is 15.7 Å². The average molecular weight is 347 g/mol. The third-order valence-corrected chi connectivity index (χ3v) is 3.38. The van der Waals surface area contributed by atoms with Crippen molar-refractivity contribution in [2.45, 2.75) is 18.4 Å². The molecule has 0 saturated carbocycles. The predicted molar refractivity (Wildman–Crippen MR) is 80.8 cm³/mol. The summed E-state index contributed by atoms with van der Waals surface area (Å²) in [5.74, 6) is -3.90. The number of para-hydroxylation sites is 1. The summed E-state index contributed by atoms with van der Waals surface area (Å²) in [6.07, 6.45) is 2.21. The van der Waals surface area contributed by atoms with Crippen LogP contribution in [0.5, 0.6) is 0 Å². The zero-order valence-corrected chi connectivity index (χ0v) is 12.6. The van der Waals surface area contributed by atoms with Crippen LogP contribution in [-0.2, 0) is 4.79 Å². The van der Waals surface area contributed by atoms with Crippen molar-refractivity contribution in [3.63, 3.8) is 0 Å². The maximum absolute atomic E-state index is 13.6. The number of carbonyl (C=O) groups excluding carboxylic acids is 1. The van der Waals surface area contributed by atoms with Crippen LogP contribution in [-0.4, -0.2) is 34.2 Å². The van der Waals surface area contributed by atoms with Gasteiger partial charge in [0.1, 0.15) is 11.5 Å². The number of carbonyl (C=O) groups is 1. The van der Waals surface area contributed by atoms with Gasteiger partial charge in [-0.15, -0.1) is 12.4 Å². The van der Waals surface area contributed by atoms with Crippen LogP contribution in [0.1, 0.15) is 6.42 Å². The number of amides is 1. The number of nitrogens with one attached hydrogen (secondary N) is 2. The lowest BCUT2D eigenvalue weighted by molar-refractivity contribution is -0.118. The van der Waals surface area contributed by atoms with Gasteiger partial charge >= 0.3 is 0 Å². The molecule has 5 nitrogen and oxygen atoms in total. The fourth-order valence-corrected chi connectivity index (χ4v) is 2.29. The molecule has 1 aromatic carbocycles. The highest BCUT2D eigenvalue weighted by molar-refractivity contribution is 5.95. The van der Waals surface area contributed by atoms with E-state index in [1.807, 2.05) is 0 Å². The van der Waals surface area contributed by atoms with Gasteiger partial charge in [-0.1, -0.05) is 12.1 Å². The maximum atomic E-state index is 13.6. The van der Waals surface area contributed by atoms with Crippen molar-refractivity contribution in [1.82, 2.24) is 15.1 Å². The molecule has 9 heteroatoms. The molecule has 1 saturated heterocycles. The molecule has 2 aromatic rings. The van der Waals surface area contributed by atoms with Crippen LogP contribution < -0.4 is 10.6 Å². The largest absolute Gasteiger partial charge is 0.322 e. The predicted octanol–water partition coefficient (Wildman–Crippen LogP) is 2.37. The van der Waals surface area contributed by atoms with Crippen LogP contribution in [0.15, 0.2) is 36.7 Å². The molecule has 1 aliphatic heterocycles. The van der Waals surface area contributed by atoms with Crippen LogP contribution in [0, 0.1) is 5.82 Å². The minimum Gasteiger partial charge on any atom is -0.322 e. The van der Waals surface area contributed by atoms with Gasteiger partial charge in [-0.2, -0.15) is 5.10 Å². The zero-order valence-electron chi connectivity index (χ0n) is 11.8. The van der Waals surface area contributed by atoms with E-state index in [1.165, 1.54) is 29.2 Å². The summed E-state index contributed by atoms with van der Waals surface area (Å²) in [4.78, 5) is 11.9. The maximum Gasteiger partial charge on any atom is 0.262 e. The van der Waals surface area contributed by atoms with Gasteiger partial charge in [-0.3, -0.25) is 10.1 Å². The highest BCUT2D eigenvalue weighted by atomic mass is 35.5. The van der Waals surface area contributed by atoms with Crippen molar-refractivity contribution in [2.24, 2.45) is 0 Å². The van der Waals surface area contributed by atoms with Gasteiger partial charge in [0.2, 0.25) is 5.91 Å². The molecule has 0 aliphatic carbocycles. The standard InChI is InChI=1S/C14H13F3N4O.ClH/c15-10-3-1-2-4-12(10)21-7-9(6-19-21)20-13(22)11-5-14(16,17)8-18-11;/h1-4,6-7,11,18H,5,8H2,(H,20,22);1H. The summed E-state index contributed by atoms with van der Waals surface area (Å²) in [6, 6.07) is 5.08. The first kappa shape index (κ1) is 17.3. The second-order valence-electron chi connectivity index (χ2n) is 5.11. The molecule has 1 unspecified atom stereocenters. The van der Waals surface area contributed by atoms with E-state index < -0.39 is 36.7 Å². The summed E-state index contributed by atoms with van der Waals surface area (Å²) in [7, 11) is 0. The van der Waals surface area contributed by atoms with Crippen LogP contribution in [0.3, 0.4) is 0 Å². The lowest BCUT2D eigenvalue weighted by atomic mass is 10.2. The second-order valence-corrected chi connectivity index (χ2v) is 5.11. The summed E-state index contributed by atoms with van der Waals surface area (Å²) in [6.45, 7) is -0.514. The molecule has 0 spiro atoms. The number of aromatic nitrogens is 2. The SMILES string of the molecule is Cl.O=C(Nc1cnn(-c2ccccc2F)c1)C1CC(F)(F)CN1. The number of nitrogens with zero attached hydrogens (tertiary/aromatic N) is 2. The number of rotatable bonds is 3. The van der Waals surface area contributed by atoms with E-state index >= 15 is 0 Å². The Morgan fingerprint density at radius 2 is 2.13 bits per heavy atom. The van der Waals surface area contributed by atoms with E-state index in [-0.39, 0.29) is 18.1 Å². The highest BCUT2D eigenvalue weighted by Crippen LogP contribution is 2.25. The van der Waals surface area contributed by atoms with Crippen LogP contribution in [0.25, 0.3) is 5.69 Å². The summed E-state index contributed by atoms with van der Waals surface area (Å²) < 4.78 is 41.0. The molecule has 23 heavy (non-hydrogen) atoms. The third kappa shape index (κ3) is 3.83. The molecule has 3 rings (SSSR count). The van der Waals surface area contributed by atoms with Crippen LogP contribution >= 0.6 is 12.4 Å². The van der Waals surface area contributed by atoms with Crippen molar-refractivity contribution in [3.05, 3.63) is 42.5 Å². The van der Waals surface area contributed by atoms with Gasteiger partial charge in [0.15, 0.2) is 0 Å². The smallest absolute Gasteiger partial charge is 0.262 e. The number of alkyl halides is 2. The van der Waals surface area contributed by atoms with Gasteiger partial charge in [0.05, 0.1) is 30.7 Å². The van der Waals surface area contributed by atoms with E-state index in [0.29, 0.717) is 5.69 Å². The van der Waals surface area contributed by atoms with E-state index in [4.69, 9.17) is 0 Å². The first-order chi connectivity index (χ1) is 10.4. The van der Waals surface area contributed by atoms with E-state index in [9.17, 15) is 18.0 Å². The molecule has 0 bridgehead atoms. The molecule has 124 valence electrons. The topological polar surface area (TPSA) is 59.0 Å². The van der Waals surface area contributed by atoms with Gasteiger partial charge < -0.3 is 5.32 Å². The second kappa shape index (κ2) is 6.59. The Morgan fingerprint density at radius 1 is 1.39 bits per heavy atom. The normalized spacial score (nSPS) is 19.2. The molecule has 1 fully saturated rings. The average Bonchev–Trinajstić information content (AvgIpc) is 3.06. The molecule has 1 amide bonds. The van der Waals surface area contributed by atoms with Gasteiger partial charge in [0, 0.05) is 6.42 Å². The number of hydrogen-bond donors (Lipinski definition) is 2. The molecule has 1 atom stereocenters. The highest BCUT2D eigenvalue weighted by Gasteiger charge is 2.42. The van der Waals surface area contributed by atoms with Crippen molar-refractivity contribution in [2.75, 3.05) is 11.9 Å². The molecule has 1 aromatic heterocycles. The monoisotopic (exact) mass is 346 g/mol. The Morgan fingerprint density at radius 3 is 2.78 bits per heavy atom. The van der Waals surface area contributed by atoms with E-state index in [0.717, 1.165) is 0 Å². The van der Waals surface area contributed by atoms with E-state index in [1.54, 1.807) is 12.1 Å². The molecular formula is C14H14ClF3N4O. The minimum absolute atomic E-state index is 0. The lowest BCUT2D eigenvalue weighted by Gasteiger charge is -2.09. The van der Waals surface area contributed by atoms with Gasteiger partial charge in [-0.25, -0.2) is 17.9 Å². The molecule has 1 aliphatic rings. The summed E-state index contributed by atoms with van der Waals surface area (Å²) in [5, 5.41) is 8.90. The Bertz CT molecular complexity index is 707. The van der Waals surface area contributed by atoms with Gasteiger partial charge in [-0.05, 0) is 12.1 Å². The quantitative estimate of drug-likeness (QED) is 0.897. The van der Waals surface area contributed by atoms with Crippen molar-refractivity contribution in [3.8, 4) is 5.69 Å². The lowest BCUT2D eigenvalue weighted by Crippen LogP contribution is -2.35. The molecular weight excluding hydrogens is 333 g/mol. The molecule has 2 heterocycles. The Balaban J connectivity index is 0.00000192. The first-order valence-corrected chi connectivity index (χ1v) is 6.66. The van der Waals surface area contributed by atoms with Crippen LogP contribution in [0.2, 0.25) is 0 Å². The Kier molecular flexibility index (Phi) is 4.96. The number of benzene rings is 1. The first-order valence-electron chi connectivity index (χ1n) is 6.66. The van der Waals surface area contributed by atoms with Crippen molar-refractivity contribution < 1.29 is 18.0 Å². The van der Waals surface area contributed by atoms with Crippen molar-refractivity contribution in [1.29, 1.82) is 0 Å². The Hall–Kier alpha value is -2.06. The van der Waals surface area contributed by atoms with Gasteiger partial charge in [0.25, 0.3) is 5.92 Å². The number of halogens is 4. The summed E-state index contributed by atoms with van der Waals surface area (Å²) >= 11 is 0. The molecule has 2 N–H and O–H groups in total. The van der Waals surface area contributed by atoms with Crippen molar-refractivity contribution >= 4 is 24.0 Å². The Labute approximate surface area is 136 Å².